The molecule has 0 aliphatic carbocycles. The second kappa shape index (κ2) is 12.7. The number of esters is 1. The molecule has 0 aromatic heterocycles. The van der Waals surface area contributed by atoms with Crippen molar-refractivity contribution >= 4 is 32.1 Å². The summed E-state index contributed by atoms with van der Waals surface area (Å²) in [6.07, 6.45) is -2.02. The van der Waals surface area contributed by atoms with Crippen LogP contribution in [0.5, 0.6) is 5.75 Å². The zero-order chi connectivity index (χ0) is 28.7. The van der Waals surface area contributed by atoms with Gasteiger partial charge in [0.15, 0.2) is 0 Å². The second-order valence-electron chi connectivity index (χ2n) is 10.4. The normalized spacial score (nSPS) is 19.8. The van der Waals surface area contributed by atoms with Gasteiger partial charge in [0.25, 0.3) is 0 Å². The van der Waals surface area contributed by atoms with E-state index in [2.05, 4.69) is 15.4 Å². The number of benzene rings is 1. The molecule has 0 radical (unpaired) electrons. The Morgan fingerprint density at radius 1 is 1.18 bits per heavy atom. The number of rotatable bonds is 10. The van der Waals surface area contributed by atoms with Crippen LogP contribution in [0.3, 0.4) is 0 Å². The maximum atomic E-state index is 12.7. The van der Waals surface area contributed by atoms with Crippen LogP contribution in [0.1, 0.15) is 46.6 Å². The van der Waals surface area contributed by atoms with Gasteiger partial charge >= 0.3 is 221 Å². The molecule has 0 bridgehead atoms. The molecule has 1 heterocycles. The molecule has 1 saturated heterocycles. The Labute approximate surface area is 221 Å². The Morgan fingerprint density at radius 3 is 2.37 bits per heavy atom. The summed E-state index contributed by atoms with van der Waals surface area (Å²) in [5.74, 6) is -2.09. The van der Waals surface area contributed by atoms with Crippen LogP contribution in [0.4, 0.5) is 4.79 Å². The fourth-order valence-corrected chi connectivity index (χ4v) is 5.26. The summed E-state index contributed by atoms with van der Waals surface area (Å²) >= 11 is 0. The van der Waals surface area contributed by atoms with Gasteiger partial charge in [-0.15, -0.1) is 0 Å². The van der Waals surface area contributed by atoms with Gasteiger partial charge in [0.05, 0.1) is 0 Å². The molecular weight excluding hydrogens is 523 g/mol. The number of hydrogen-bond donors (Lipinski definition) is 4. The van der Waals surface area contributed by atoms with Gasteiger partial charge in [-0.1, -0.05) is 0 Å². The molecular formula is C24H37N2O11P. The number of carboxylic acid groups (broad SMARTS) is 1. The van der Waals surface area contributed by atoms with Crippen molar-refractivity contribution in [3.63, 3.8) is 0 Å². The molecule has 1 aromatic rings. The van der Waals surface area contributed by atoms with Gasteiger partial charge in [-0.05, 0) is 0 Å². The third kappa shape index (κ3) is 9.71. The van der Waals surface area contributed by atoms with Crippen molar-refractivity contribution in [3.8, 4) is 5.75 Å². The number of carbonyl (C=O) groups excluding carboxylic acids is 3. The third-order valence-electron chi connectivity index (χ3n) is 5.30. The molecule has 1 fully saturated rings. The molecule has 13 nitrogen and oxygen atoms in total. The van der Waals surface area contributed by atoms with Crippen molar-refractivity contribution in [2.45, 2.75) is 65.2 Å². The number of carboxylic acids is 1. The molecule has 4 N–H and O–H groups in total. The van der Waals surface area contributed by atoms with Crippen molar-refractivity contribution in [3.05, 3.63) is 29.8 Å². The third-order valence-corrected chi connectivity index (χ3v) is 6.83. The van der Waals surface area contributed by atoms with Crippen LogP contribution in [-0.4, -0.2) is 71.9 Å². The van der Waals surface area contributed by atoms with Crippen molar-refractivity contribution in [2.75, 3.05) is 20.3 Å². The van der Waals surface area contributed by atoms with E-state index in [-0.39, 0.29) is 31.7 Å². The minimum atomic E-state index is -4.29. The van der Waals surface area contributed by atoms with Crippen molar-refractivity contribution in [1.82, 2.24) is 10.6 Å². The quantitative estimate of drug-likeness (QED) is 0.243. The topological polar surface area (TPSA) is 179 Å². The molecule has 1 aliphatic heterocycles. The molecule has 0 spiro atoms. The van der Waals surface area contributed by atoms with Gasteiger partial charge in [-0.25, -0.2) is 0 Å². The van der Waals surface area contributed by atoms with E-state index in [4.69, 9.17) is 18.3 Å². The van der Waals surface area contributed by atoms with Gasteiger partial charge in [0.2, 0.25) is 0 Å². The number of aliphatic carboxylic acids is 1. The molecule has 38 heavy (non-hydrogen) atoms. The Bertz CT molecular complexity index is 1010. The first-order valence-corrected chi connectivity index (χ1v) is 13.6. The summed E-state index contributed by atoms with van der Waals surface area (Å²) in [6.45, 7) is 8.45. The minimum absolute atomic E-state index is 0.0214. The molecule has 1 aromatic carbocycles. The fourth-order valence-electron chi connectivity index (χ4n) is 3.37. The molecule has 1 aliphatic rings. The van der Waals surface area contributed by atoms with Gasteiger partial charge < -0.3 is 0 Å². The second-order valence-corrected chi connectivity index (χ2v) is 12.2. The summed E-state index contributed by atoms with van der Waals surface area (Å²) < 4.78 is 26.4. The molecule has 0 saturated carbocycles. The number of ether oxygens (including phenoxy) is 2. The van der Waals surface area contributed by atoms with E-state index in [1.54, 1.807) is 46.8 Å². The zero-order valence-electron chi connectivity index (χ0n) is 22.4. The Balaban J connectivity index is 2.02. The zero-order valence-corrected chi connectivity index (χ0v) is 23.4. The number of alkyl carbamates (subject to hydrolysis) is 1. The van der Waals surface area contributed by atoms with E-state index >= 15 is 0 Å². The summed E-state index contributed by atoms with van der Waals surface area (Å²) in [7, 11) is -3.05. The number of amides is 2. The van der Waals surface area contributed by atoms with Crippen LogP contribution in [-0.2, 0) is 39.3 Å². The van der Waals surface area contributed by atoms with Gasteiger partial charge in [0.1, 0.15) is 0 Å². The van der Waals surface area contributed by atoms with Crippen LogP contribution in [0.2, 0.25) is 0 Å². The summed E-state index contributed by atoms with van der Waals surface area (Å²) in [5, 5.41) is 14.4. The van der Waals surface area contributed by atoms with Gasteiger partial charge in [0, 0.05) is 0 Å². The average Bonchev–Trinajstić information content (AvgIpc) is 2.80. The number of hydrogen-bond acceptors (Lipinski definition) is 10. The van der Waals surface area contributed by atoms with Crippen molar-refractivity contribution < 1.29 is 52.2 Å². The first kappa shape index (κ1) is 31.2. The predicted octanol–water partition coefficient (Wildman–Crippen LogP) is 2.11. The van der Waals surface area contributed by atoms with E-state index in [1.165, 1.54) is 19.2 Å². The molecule has 0 unspecified atom stereocenters. The Hall–Kier alpha value is -2.99. The Morgan fingerprint density at radius 2 is 1.82 bits per heavy atom. The van der Waals surface area contributed by atoms with Crippen LogP contribution in [0, 0.1) is 5.41 Å². The summed E-state index contributed by atoms with van der Waals surface area (Å²) in [6, 6.07) is 4.84. The summed E-state index contributed by atoms with van der Waals surface area (Å²) in [5.41, 5.74) is -1.02. The van der Waals surface area contributed by atoms with Crippen LogP contribution < -0.4 is 15.2 Å². The molecule has 2 amide bonds. The van der Waals surface area contributed by atoms with E-state index in [1.807, 2.05) is 0 Å². The standard InChI is InChI=1S/C24H37N2O11P/c1-23(2,3)35-22(31)26-17(21(29)30)13-15-7-9-16(10-8-15)36-38(32)34-14-24(4,5)19(37-38)20(28)25-12-11-18(27)33-6/h7-10,17,19,32,38H,11-14H2,1-6H3,(H,25,28)(H,26,31)(H,29,30)/t17-,19-/m0/s1. The van der Waals surface area contributed by atoms with E-state index in [0.717, 1.165) is 0 Å². The predicted molar refractivity (Wildman–Crippen MR) is 136 cm³/mol. The van der Waals surface area contributed by atoms with Crippen LogP contribution in [0.15, 0.2) is 24.3 Å². The van der Waals surface area contributed by atoms with E-state index in [0.29, 0.717) is 5.56 Å². The Kier molecular flexibility index (Phi) is 10.4. The van der Waals surface area contributed by atoms with Gasteiger partial charge in [-0.2, -0.15) is 0 Å². The van der Waals surface area contributed by atoms with E-state index in [9.17, 15) is 29.2 Å². The number of methoxy groups -OCH3 is 1. The SMILES string of the molecule is COC(=O)CCNC(=O)[C@@H]1O[PH](O)(Oc2ccc(C[C@H](NC(=O)OC(C)(C)C)C(=O)O)cc2)OCC1(C)C. The van der Waals surface area contributed by atoms with Crippen molar-refractivity contribution in [1.29, 1.82) is 0 Å². The van der Waals surface area contributed by atoms with E-state index < -0.39 is 55.3 Å². The molecule has 2 rings (SSSR count). The number of nitrogens with one attached hydrogen (secondary N) is 2. The fraction of sp³-hybridized carbons (Fsp3) is 0.583. The number of carbonyl (C=O) groups is 4. The van der Waals surface area contributed by atoms with Crippen molar-refractivity contribution in [2.24, 2.45) is 5.41 Å². The molecule has 2 atom stereocenters. The van der Waals surface area contributed by atoms with Crippen LogP contribution in [0.25, 0.3) is 0 Å². The van der Waals surface area contributed by atoms with Gasteiger partial charge in [-0.3, -0.25) is 0 Å². The first-order chi connectivity index (χ1) is 17.5. The monoisotopic (exact) mass is 560 g/mol. The maximum absolute atomic E-state index is 12.7. The first-order valence-electron chi connectivity index (χ1n) is 11.9. The summed E-state index contributed by atoms with van der Waals surface area (Å²) in [4.78, 5) is 58.5. The molecule has 14 heteroatoms. The average molecular weight is 561 g/mol. The molecule has 214 valence electrons. The van der Waals surface area contributed by atoms with Crippen LogP contribution >= 0.6 is 8.17 Å².